The summed E-state index contributed by atoms with van der Waals surface area (Å²) in [6.45, 7) is 11.2. The summed E-state index contributed by atoms with van der Waals surface area (Å²) in [4.78, 5) is 36.0. The van der Waals surface area contributed by atoms with E-state index in [4.69, 9.17) is 17.7 Å². The zero-order valence-electron chi connectivity index (χ0n) is 36.8. The zero-order valence-corrected chi connectivity index (χ0v) is 38.5. The molecule has 0 saturated heterocycles. The van der Waals surface area contributed by atoms with E-state index in [1.54, 1.807) is 18.2 Å². The molecule has 15 nitrogen and oxygen atoms in total. The maximum atomic E-state index is 12.6. The number of aliphatic carboxylic acids is 1. The van der Waals surface area contributed by atoms with Gasteiger partial charge in [-0.25, -0.2) is 8.42 Å². The first kappa shape index (κ1) is 51.0. The van der Waals surface area contributed by atoms with Gasteiger partial charge in [0, 0.05) is 85.4 Å². The van der Waals surface area contributed by atoms with Crippen LogP contribution in [0.3, 0.4) is 0 Å². The topological polar surface area (TPSA) is 224 Å². The second-order valence-electron chi connectivity index (χ2n) is 16.8. The highest BCUT2D eigenvalue weighted by Gasteiger charge is 2.44. The predicted octanol–water partition coefficient (Wildman–Crippen LogP) is 8.01. The Kier molecular flexibility index (Phi) is 18.6. The van der Waals surface area contributed by atoms with Crippen molar-refractivity contribution < 1.29 is 49.8 Å². The van der Waals surface area contributed by atoms with Crippen LogP contribution in [0.15, 0.2) is 108 Å². The van der Waals surface area contributed by atoms with Crippen LogP contribution in [-0.2, 0) is 47.7 Å². The molecule has 2 N–H and O–H groups in total. The van der Waals surface area contributed by atoms with E-state index in [0.717, 1.165) is 66.9 Å². The smallest absolute Gasteiger partial charge is 0.425 e. The number of nitrogens with one attached hydrogen (secondary N) is 1. The highest BCUT2D eigenvalue weighted by atomic mass is 32.2. The fourth-order valence-electron chi connectivity index (χ4n) is 8.29. The van der Waals surface area contributed by atoms with Crippen LogP contribution >= 0.6 is 0 Å². The molecule has 2 aliphatic rings. The summed E-state index contributed by atoms with van der Waals surface area (Å²) in [5.41, 5.74) is 6.37. The summed E-state index contributed by atoms with van der Waals surface area (Å²) in [6.07, 6.45) is 16.8. The number of carboxylic acids is 1. The second-order valence-corrected chi connectivity index (χ2v) is 18.6. The standard InChI is InChI=1S/C47H58N4O8S.O3S/c1-46(2)39-19-12-13-20-41(39)49(31-15-7-11-23-45(53)54)43(46)21-9-5-10-22-44-47(3,4)40-33-38(60(57,58)59)28-29-42(40)50(44)32-14-6-8-17-37(52)18-16-30-48-34-35-24-26-36(27-25-35)51(55)56;1-4(2)3/h5,9-10,12-13,19-22,24-29,33,48H,6-8,11,14-18,23,30-32,34H2,1-4H3,(H-,53,54,57,58,59);. The van der Waals surface area contributed by atoms with Crippen molar-refractivity contribution in [2.45, 2.75) is 114 Å². The Morgan fingerprint density at radius 3 is 2.16 bits per heavy atom. The van der Waals surface area contributed by atoms with Gasteiger partial charge in [0.1, 0.15) is 22.4 Å². The number of rotatable bonds is 23. The molecule has 0 aromatic heterocycles. The molecule has 3 aromatic rings. The van der Waals surface area contributed by atoms with Crippen LogP contribution in [0.5, 0.6) is 0 Å². The molecule has 0 unspecified atom stereocenters. The van der Waals surface area contributed by atoms with E-state index in [1.165, 1.54) is 35.5 Å². The van der Waals surface area contributed by atoms with Gasteiger partial charge in [0.25, 0.3) is 5.69 Å². The fourth-order valence-corrected chi connectivity index (χ4v) is 8.78. The summed E-state index contributed by atoms with van der Waals surface area (Å²) in [6, 6.07) is 19.4. The number of carbonyl (C=O) groups is 2. The Labute approximate surface area is 377 Å². The Hall–Kier alpha value is -5.62. The van der Waals surface area contributed by atoms with Gasteiger partial charge in [0.2, 0.25) is 5.69 Å². The van der Waals surface area contributed by atoms with E-state index in [0.29, 0.717) is 45.3 Å². The lowest BCUT2D eigenvalue weighted by Crippen LogP contribution is -2.27. The van der Waals surface area contributed by atoms with Crippen LogP contribution in [0.2, 0.25) is 0 Å². The quantitative estimate of drug-likeness (QED) is 0.0230. The number of anilines is 1. The maximum absolute atomic E-state index is 12.6. The van der Waals surface area contributed by atoms with Crippen LogP contribution in [0.4, 0.5) is 17.1 Å². The molecule has 344 valence electrons. The number of carboxylic acid groups (broad SMARTS) is 1. The molecule has 17 heteroatoms. The number of ketones is 1. The van der Waals surface area contributed by atoms with Crippen molar-refractivity contribution in [3.8, 4) is 0 Å². The van der Waals surface area contributed by atoms with Gasteiger partial charge >= 0.3 is 16.6 Å². The molecule has 0 atom stereocenters. The van der Waals surface area contributed by atoms with E-state index >= 15 is 0 Å². The van der Waals surface area contributed by atoms with E-state index in [1.807, 2.05) is 44.2 Å². The number of non-ortho nitro benzene ring substituents is 1. The van der Waals surface area contributed by atoms with E-state index in [9.17, 15) is 32.7 Å². The summed E-state index contributed by atoms with van der Waals surface area (Å²) in [5.74, 6) is -0.554. The molecular weight excluding hydrogens is 861 g/mol. The lowest BCUT2D eigenvalue weighted by molar-refractivity contribution is -0.438. The van der Waals surface area contributed by atoms with Gasteiger partial charge in [-0.1, -0.05) is 68.8 Å². The number of para-hydroxylation sites is 1. The largest absolute Gasteiger partial charge is 0.744 e. The normalized spacial score (nSPS) is 15.6. The van der Waals surface area contributed by atoms with Gasteiger partial charge in [0.05, 0.1) is 15.2 Å². The molecular formula is C47H58N4O11S2. The first-order valence-corrected chi connectivity index (χ1v) is 23.8. The minimum Gasteiger partial charge on any atom is -0.744 e. The average Bonchev–Trinajstić information content (AvgIpc) is 3.57. The number of unbranched alkanes of at least 4 members (excludes halogenated alkanes) is 4. The van der Waals surface area contributed by atoms with E-state index in [-0.39, 0.29) is 28.2 Å². The average molecular weight is 919 g/mol. The molecule has 0 radical (unpaired) electrons. The molecule has 2 aliphatic heterocycles. The lowest BCUT2D eigenvalue weighted by Gasteiger charge is -2.27. The highest BCUT2D eigenvalue weighted by Crippen LogP contribution is 2.48. The number of fused-ring (bicyclic) bond motifs is 2. The summed E-state index contributed by atoms with van der Waals surface area (Å²) in [7, 11) is -7.76. The molecule has 0 saturated carbocycles. The number of hydrogen-bond donors (Lipinski definition) is 2. The third kappa shape index (κ3) is 14.2. The van der Waals surface area contributed by atoms with Crippen LogP contribution in [-0.4, -0.2) is 77.3 Å². The first-order chi connectivity index (χ1) is 30.2. The third-order valence-electron chi connectivity index (χ3n) is 11.6. The number of Topliss-reactive ketones (excluding diaryl/α,β-unsaturated/α-hetero) is 1. The summed E-state index contributed by atoms with van der Waals surface area (Å²) in [5, 5.41) is 23.2. The van der Waals surface area contributed by atoms with E-state index in [2.05, 4.69) is 52.9 Å². The summed E-state index contributed by atoms with van der Waals surface area (Å²) >= 11 is 0. The van der Waals surface area contributed by atoms with Crippen molar-refractivity contribution in [2.24, 2.45) is 0 Å². The maximum Gasteiger partial charge on any atom is 0.425 e. The van der Waals surface area contributed by atoms with Gasteiger partial charge < -0.3 is 19.9 Å². The van der Waals surface area contributed by atoms with Crippen LogP contribution in [0.25, 0.3) is 0 Å². The minimum atomic E-state index is -4.65. The van der Waals surface area contributed by atoms with Crippen molar-refractivity contribution in [3.63, 3.8) is 0 Å². The van der Waals surface area contributed by atoms with E-state index < -0.39 is 37.0 Å². The lowest BCUT2D eigenvalue weighted by atomic mass is 9.81. The van der Waals surface area contributed by atoms with Crippen molar-refractivity contribution in [2.75, 3.05) is 24.5 Å². The predicted molar refractivity (Wildman–Crippen MR) is 244 cm³/mol. The number of nitrogens with zero attached hydrogens (tertiary/aromatic N) is 3. The molecule has 0 aliphatic carbocycles. The van der Waals surface area contributed by atoms with Gasteiger partial charge in [0.15, 0.2) is 5.71 Å². The molecule has 0 amide bonds. The highest BCUT2D eigenvalue weighted by molar-refractivity contribution is 7.85. The number of carbonyl (C=O) groups excluding carboxylic acids is 1. The number of nitro benzene ring substituents is 1. The van der Waals surface area contributed by atoms with Gasteiger partial charge in [-0.2, -0.15) is 4.58 Å². The molecule has 0 bridgehead atoms. The minimum absolute atomic E-state index is 0.0580. The first-order valence-electron chi connectivity index (χ1n) is 21.4. The molecule has 5 rings (SSSR count). The van der Waals surface area contributed by atoms with Crippen LogP contribution < -0.4 is 10.2 Å². The second kappa shape index (κ2) is 23.4. The Morgan fingerprint density at radius 2 is 1.48 bits per heavy atom. The van der Waals surface area contributed by atoms with Crippen molar-refractivity contribution in [3.05, 3.63) is 130 Å². The van der Waals surface area contributed by atoms with Gasteiger partial charge in [-0.15, -0.1) is 12.6 Å². The Balaban J connectivity index is 0.00000215. The SMILES string of the molecule is CC1(C)C(=CC=CC=CC2=[N+](CCCCCC(=O)O)c3ccccc3C2(C)C)N(CCCCCC(=O)CCCNCc2ccc([N+](=O)[O-])cc2)c2ccc(S(=O)(=O)[O-])cc21.O=S(=O)=O. The molecule has 0 fully saturated rings. The number of benzene rings is 3. The zero-order chi connectivity index (χ0) is 47.1. The molecule has 0 spiro atoms. The Bertz CT molecular complexity index is 2500. The molecule has 2 heterocycles. The third-order valence-corrected chi connectivity index (χ3v) is 12.4. The number of nitro groups is 1. The Morgan fingerprint density at radius 1 is 0.828 bits per heavy atom. The molecule has 3 aromatic carbocycles. The van der Waals surface area contributed by atoms with Gasteiger partial charge in [-0.3, -0.25) is 19.7 Å². The fraction of sp³-hybridized carbons (Fsp3) is 0.426. The van der Waals surface area contributed by atoms with Crippen molar-refractivity contribution in [1.29, 1.82) is 0 Å². The summed E-state index contributed by atoms with van der Waals surface area (Å²) < 4.78 is 63.7. The van der Waals surface area contributed by atoms with Crippen LogP contribution in [0.1, 0.15) is 109 Å². The van der Waals surface area contributed by atoms with Crippen molar-refractivity contribution >= 4 is 55.3 Å². The number of hydrogen-bond acceptors (Lipinski definition) is 12. The monoisotopic (exact) mass is 918 g/mol. The van der Waals surface area contributed by atoms with Gasteiger partial charge in [-0.05, 0) is 87.9 Å². The number of allylic oxidation sites excluding steroid dienone is 6. The van der Waals surface area contributed by atoms with Crippen LogP contribution in [0, 0.1) is 10.1 Å². The molecule has 64 heavy (non-hydrogen) atoms. The van der Waals surface area contributed by atoms with Crippen molar-refractivity contribution in [1.82, 2.24) is 5.32 Å².